The van der Waals surface area contributed by atoms with Gasteiger partial charge in [0.1, 0.15) is 5.76 Å². The van der Waals surface area contributed by atoms with Gasteiger partial charge in [0.15, 0.2) is 6.30 Å². The van der Waals surface area contributed by atoms with Gasteiger partial charge in [0, 0.05) is 45.4 Å². The van der Waals surface area contributed by atoms with E-state index in [4.69, 9.17) is 20.8 Å². The average Bonchev–Trinajstić information content (AvgIpc) is 3.67. The van der Waals surface area contributed by atoms with E-state index in [1.54, 1.807) is 48.8 Å². The summed E-state index contributed by atoms with van der Waals surface area (Å²) in [6, 6.07) is 12.2. The fourth-order valence-electron chi connectivity index (χ4n) is 5.59. The van der Waals surface area contributed by atoms with Gasteiger partial charge in [0.25, 0.3) is 5.88 Å². The smallest absolute Gasteiger partial charge is 0.340 e. The number of carbonyl (C=O) groups excluding carboxylic acids is 1. The number of hydrogen-bond acceptors (Lipinski definition) is 8. The lowest BCUT2D eigenvalue weighted by atomic mass is 9.88. The highest BCUT2D eigenvalue weighted by Crippen LogP contribution is 2.36. The van der Waals surface area contributed by atoms with Gasteiger partial charge in [-0.1, -0.05) is 35.3 Å². The van der Waals surface area contributed by atoms with Crippen molar-refractivity contribution < 1.29 is 18.3 Å². The van der Waals surface area contributed by atoms with Crippen molar-refractivity contribution in [1.82, 2.24) is 29.8 Å². The van der Waals surface area contributed by atoms with Gasteiger partial charge < -0.3 is 14.5 Å². The Morgan fingerprint density at radius 2 is 2.02 bits per heavy atom. The fourth-order valence-corrected chi connectivity index (χ4v) is 5.76. The molecule has 0 fully saturated rings. The van der Waals surface area contributed by atoms with Crippen LogP contribution in [0.15, 0.2) is 70.3 Å². The molecule has 0 saturated heterocycles. The Labute approximate surface area is 263 Å². The molecule has 1 N–H and O–H groups in total. The second kappa shape index (κ2) is 12.6. The summed E-state index contributed by atoms with van der Waals surface area (Å²) in [4.78, 5) is 31.4. The molecule has 3 unspecified atom stereocenters. The number of amides is 1. The molecule has 11 nitrogen and oxygen atoms in total. The van der Waals surface area contributed by atoms with Crippen LogP contribution >= 0.6 is 11.6 Å². The summed E-state index contributed by atoms with van der Waals surface area (Å²) in [6.07, 6.45) is 5.01. The Bertz CT molecular complexity index is 1920. The number of pyridine rings is 1. The van der Waals surface area contributed by atoms with Crippen molar-refractivity contribution in [2.75, 3.05) is 11.9 Å². The van der Waals surface area contributed by atoms with E-state index >= 15 is 0 Å². The first-order chi connectivity index (χ1) is 21.7. The number of benzene rings is 1. The average molecular weight is 632 g/mol. The minimum Gasteiger partial charge on any atom is -0.476 e. The van der Waals surface area contributed by atoms with E-state index in [0.29, 0.717) is 82.0 Å². The van der Waals surface area contributed by atoms with Gasteiger partial charge in [-0.3, -0.25) is 9.78 Å². The third-order valence-electron chi connectivity index (χ3n) is 7.84. The highest BCUT2D eigenvalue weighted by molar-refractivity contribution is 6.31. The molecule has 1 aliphatic heterocycles. The van der Waals surface area contributed by atoms with Gasteiger partial charge in [-0.25, -0.2) is 18.5 Å². The number of alkyl halides is 1. The highest BCUT2D eigenvalue weighted by Gasteiger charge is 2.26. The number of nitrogens with zero attached hydrogens (tertiary/aromatic N) is 6. The SMILES string of the molecule is CCOc1cn(-c2ccc(Cl)cc2-c2ccc(C3CCCC(C)C(=O)Nc4cnn(C(C)F)c4-c4ccnc3c4)c(=O)o2)nn1. The molecule has 3 atom stereocenters. The van der Waals surface area contributed by atoms with Crippen LogP contribution in [0.3, 0.4) is 0 Å². The number of fused-ring (bicyclic) bond motifs is 4. The first-order valence-corrected chi connectivity index (χ1v) is 15.1. The molecule has 2 bridgehead atoms. The van der Waals surface area contributed by atoms with Gasteiger partial charge in [-0.2, -0.15) is 5.10 Å². The first kappa shape index (κ1) is 30.2. The van der Waals surface area contributed by atoms with Crippen molar-refractivity contribution in [3.8, 4) is 34.1 Å². The number of ether oxygens (including phenoxy) is 1. The van der Waals surface area contributed by atoms with E-state index in [-0.39, 0.29) is 11.8 Å². The molecule has 5 aromatic rings. The van der Waals surface area contributed by atoms with Crippen LogP contribution in [0.4, 0.5) is 10.1 Å². The van der Waals surface area contributed by atoms with Crippen LogP contribution in [0.1, 0.15) is 63.5 Å². The minimum absolute atomic E-state index is 0.185. The second-order valence-electron chi connectivity index (χ2n) is 10.9. The number of nitrogens with one attached hydrogen (secondary N) is 1. The minimum atomic E-state index is -1.44. The van der Waals surface area contributed by atoms with Crippen molar-refractivity contribution in [2.24, 2.45) is 5.92 Å². The summed E-state index contributed by atoms with van der Waals surface area (Å²) in [5.41, 5.74) is 3.07. The number of rotatable bonds is 6. The summed E-state index contributed by atoms with van der Waals surface area (Å²) < 4.78 is 28.7. The maximum atomic E-state index is 14.6. The van der Waals surface area contributed by atoms with Crippen LogP contribution in [0.2, 0.25) is 5.02 Å². The lowest BCUT2D eigenvalue weighted by molar-refractivity contribution is -0.119. The highest BCUT2D eigenvalue weighted by atomic mass is 35.5. The lowest BCUT2D eigenvalue weighted by Crippen LogP contribution is -2.22. The normalized spacial score (nSPS) is 17.5. The van der Waals surface area contributed by atoms with Crippen molar-refractivity contribution in [3.05, 3.63) is 87.8 Å². The number of aromatic nitrogens is 6. The molecule has 1 aliphatic rings. The third-order valence-corrected chi connectivity index (χ3v) is 8.08. The number of anilines is 1. The van der Waals surface area contributed by atoms with E-state index in [9.17, 15) is 14.0 Å². The topological polar surface area (TPSA) is 130 Å². The third kappa shape index (κ3) is 6.10. The molecule has 1 aromatic carbocycles. The molecule has 0 saturated carbocycles. The van der Waals surface area contributed by atoms with Crippen molar-refractivity contribution in [1.29, 1.82) is 0 Å². The molecule has 0 aliphatic carbocycles. The number of hydrogen-bond donors (Lipinski definition) is 1. The molecule has 45 heavy (non-hydrogen) atoms. The lowest BCUT2D eigenvalue weighted by Gasteiger charge is -2.20. The Hall–Kier alpha value is -4.84. The Balaban J connectivity index is 1.43. The van der Waals surface area contributed by atoms with Crippen LogP contribution in [0.5, 0.6) is 5.88 Å². The van der Waals surface area contributed by atoms with Crippen LogP contribution in [-0.4, -0.2) is 42.3 Å². The fraction of sp³-hybridized carbons (Fsp3) is 0.312. The Morgan fingerprint density at radius 3 is 2.80 bits per heavy atom. The molecule has 0 radical (unpaired) electrons. The molecular formula is C32H31ClFN7O4. The summed E-state index contributed by atoms with van der Waals surface area (Å²) >= 11 is 6.35. The maximum Gasteiger partial charge on any atom is 0.340 e. The summed E-state index contributed by atoms with van der Waals surface area (Å²) in [7, 11) is 0. The summed E-state index contributed by atoms with van der Waals surface area (Å²) in [5, 5.41) is 15.7. The molecular weight excluding hydrogens is 601 g/mol. The van der Waals surface area contributed by atoms with E-state index in [1.807, 2.05) is 19.9 Å². The second-order valence-corrected chi connectivity index (χ2v) is 11.3. The van der Waals surface area contributed by atoms with Crippen LogP contribution < -0.4 is 15.7 Å². The Morgan fingerprint density at radius 1 is 1.18 bits per heavy atom. The van der Waals surface area contributed by atoms with Crippen LogP contribution in [0.25, 0.3) is 28.3 Å². The predicted octanol–water partition coefficient (Wildman–Crippen LogP) is 6.58. The predicted molar refractivity (Wildman–Crippen MR) is 166 cm³/mol. The summed E-state index contributed by atoms with van der Waals surface area (Å²) in [6.45, 7) is 5.50. The molecule has 13 heteroatoms. The zero-order valence-electron chi connectivity index (χ0n) is 24.9. The Kier molecular flexibility index (Phi) is 8.48. The van der Waals surface area contributed by atoms with Gasteiger partial charge >= 0.3 is 5.63 Å². The van der Waals surface area contributed by atoms with E-state index in [2.05, 4.69) is 25.7 Å². The first-order valence-electron chi connectivity index (χ1n) is 14.7. The van der Waals surface area contributed by atoms with Crippen LogP contribution in [-0.2, 0) is 4.79 Å². The largest absolute Gasteiger partial charge is 0.476 e. The van der Waals surface area contributed by atoms with Crippen LogP contribution in [0, 0.1) is 5.92 Å². The van der Waals surface area contributed by atoms with Gasteiger partial charge in [-0.05, 0) is 69.2 Å². The maximum absolute atomic E-state index is 14.6. The number of carbonyl (C=O) groups is 1. The molecule has 6 rings (SSSR count). The zero-order chi connectivity index (χ0) is 31.7. The van der Waals surface area contributed by atoms with Crippen molar-refractivity contribution in [2.45, 2.75) is 52.2 Å². The number of halogens is 2. The van der Waals surface area contributed by atoms with E-state index in [1.165, 1.54) is 22.5 Å². The van der Waals surface area contributed by atoms with Gasteiger partial charge in [0.05, 0.1) is 36.1 Å². The standard InChI is InChI=1S/C32H31ClFN7O4/c1-4-44-29-17-40(39-38-29)27-10-8-21(33)15-24(27)28-11-9-23(32(43)45-28)22-7-5-6-18(2)31(42)37-26-16-36-41(19(3)34)30(26)20-12-13-35-25(22)14-20/h8-19,22H,4-7H2,1-3H3,(H,37,42). The molecule has 5 heterocycles. The summed E-state index contributed by atoms with van der Waals surface area (Å²) in [5.74, 6) is -0.308. The van der Waals surface area contributed by atoms with Crippen molar-refractivity contribution in [3.63, 3.8) is 0 Å². The van der Waals surface area contributed by atoms with Crippen molar-refractivity contribution >= 4 is 23.2 Å². The van der Waals surface area contributed by atoms with E-state index in [0.717, 1.165) is 0 Å². The molecule has 232 valence electrons. The molecule has 0 spiro atoms. The van der Waals surface area contributed by atoms with E-state index < -0.39 is 17.8 Å². The molecule has 4 aromatic heterocycles. The molecule has 1 amide bonds. The zero-order valence-corrected chi connectivity index (χ0v) is 25.7. The van der Waals surface area contributed by atoms with Gasteiger partial charge in [-0.15, -0.1) is 0 Å². The monoisotopic (exact) mass is 631 g/mol. The van der Waals surface area contributed by atoms with Gasteiger partial charge in [0.2, 0.25) is 5.91 Å². The quantitative estimate of drug-likeness (QED) is 0.223.